The highest BCUT2D eigenvalue weighted by Crippen LogP contribution is 2.49. The second-order valence-corrected chi connectivity index (χ2v) is 6.38. The lowest BCUT2D eigenvalue weighted by Crippen LogP contribution is -2.26. The summed E-state index contributed by atoms with van der Waals surface area (Å²) in [7, 11) is 2.89. The summed E-state index contributed by atoms with van der Waals surface area (Å²) in [6.07, 6.45) is 1.05. The first-order chi connectivity index (χ1) is 12.9. The molecule has 3 rings (SSSR count). The molecule has 3 N–H and O–H groups in total. The molecular weight excluding hydrogens is 350 g/mol. The topological polar surface area (TPSA) is 105 Å². The summed E-state index contributed by atoms with van der Waals surface area (Å²) in [4.78, 5) is 23.9. The van der Waals surface area contributed by atoms with Crippen LogP contribution in [0, 0.1) is 0 Å². The Kier molecular flexibility index (Phi) is 4.94. The van der Waals surface area contributed by atoms with Gasteiger partial charge in [-0.25, -0.2) is 0 Å². The molecule has 2 aromatic carbocycles. The van der Waals surface area contributed by atoms with Crippen LogP contribution in [0.5, 0.6) is 23.0 Å². The zero-order valence-corrected chi connectivity index (χ0v) is 15.3. The first kappa shape index (κ1) is 18.6. The highest BCUT2D eigenvalue weighted by Gasteiger charge is 2.28. The number of benzene rings is 1. The molecule has 0 aromatic heterocycles. The summed E-state index contributed by atoms with van der Waals surface area (Å²) in [6.45, 7) is 1.41. The standard InChI is InChI=1S/C20H21NO6/c1-10(22)21-14-6-4-11-8-17(25)19(26-2)20(27-3)18(11)12-5-7-15(23)16(24)9-13(12)14/h5,7-9,14,25H,4,6H2,1-3H3,(H,21,22)(H,23,24)/t14-/m0/s1. The molecule has 1 atom stereocenters. The van der Waals surface area contributed by atoms with Gasteiger partial charge in [0.05, 0.1) is 20.3 Å². The molecular formula is C20H21NO6. The number of amides is 1. The van der Waals surface area contributed by atoms with Crippen molar-refractivity contribution in [3.8, 4) is 34.1 Å². The van der Waals surface area contributed by atoms with Gasteiger partial charge in [0.2, 0.25) is 17.1 Å². The third-order valence-corrected chi connectivity index (χ3v) is 4.69. The number of carbonyl (C=O) groups is 1. The third kappa shape index (κ3) is 3.28. The number of ether oxygens (including phenoxy) is 2. The molecule has 2 aromatic rings. The number of aryl methyl sites for hydroxylation is 1. The van der Waals surface area contributed by atoms with Gasteiger partial charge in [0, 0.05) is 12.5 Å². The van der Waals surface area contributed by atoms with Crippen LogP contribution in [0.25, 0.3) is 11.1 Å². The molecule has 0 radical (unpaired) electrons. The Morgan fingerprint density at radius 2 is 1.81 bits per heavy atom. The maximum Gasteiger partial charge on any atom is 0.220 e. The largest absolute Gasteiger partial charge is 0.504 e. The van der Waals surface area contributed by atoms with Crippen molar-refractivity contribution >= 4 is 5.91 Å². The quantitative estimate of drug-likeness (QED) is 0.764. The van der Waals surface area contributed by atoms with Crippen LogP contribution in [0.4, 0.5) is 0 Å². The maximum absolute atomic E-state index is 12.2. The number of nitrogens with one attached hydrogen (secondary N) is 1. The number of fused-ring (bicyclic) bond motifs is 3. The summed E-state index contributed by atoms with van der Waals surface area (Å²) >= 11 is 0. The fraction of sp³-hybridized carbons (Fsp3) is 0.300. The minimum Gasteiger partial charge on any atom is -0.504 e. The molecule has 142 valence electrons. The van der Waals surface area contributed by atoms with Gasteiger partial charge in [-0.3, -0.25) is 9.59 Å². The minimum atomic E-state index is -0.542. The van der Waals surface area contributed by atoms with Crippen molar-refractivity contribution in [3.05, 3.63) is 45.6 Å². The highest BCUT2D eigenvalue weighted by atomic mass is 16.5. The molecule has 0 heterocycles. The van der Waals surface area contributed by atoms with Gasteiger partial charge in [0.15, 0.2) is 17.2 Å². The molecule has 0 saturated carbocycles. The van der Waals surface area contributed by atoms with Crippen LogP contribution in [-0.2, 0) is 11.2 Å². The second kappa shape index (κ2) is 7.19. The van der Waals surface area contributed by atoms with Gasteiger partial charge in [-0.15, -0.1) is 0 Å². The molecule has 1 amide bonds. The average molecular weight is 371 g/mol. The van der Waals surface area contributed by atoms with Gasteiger partial charge in [-0.2, -0.15) is 0 Å². The van der Waals surface area contributed by atoms with E-state index >= 15 is 0 Å². The highest BCUT2D eigenvalue weighted by molar-refractivity contribution is 5.83. The zero-order valence-electron chi connectivity index (χ0n) is 15.3. The van der Waals surface area contributed by atoms with Crippen molar-refractivity contribution in [1.29, 1.82) is 0 Å². The lowest BCUT2D eigenvalue weighted by atomic mass is 9.95. The van der Waals surface area contributed by atoms with Crippen LogP contribution in [0.1, 0.15) is 30.5 Å². The van der Waals surface area contributed by atoms with Crippen molar-refractivity contribution in [2.45, 2.75) is 25.8 Å². The van der Waals surface area contributed by atoms with Gasteiger partial charge in [-0.05, 0) is 47.7 Å². The van der Waals surface area contributed by atoms with E-state index in [1.807, 2.05) is 0 Å². The third-order valence-electron chi connectivity index (χ3n) is 4.69. The smallest absolute Gasteiger partial charge is 0.220 e. The van der Waals surface area contributed by atoms with Crippen molar-refractivity contribution in [3.63, 3.8) is 0 Å². The van der Waals surface area contributed by atoms with E-state index < -0.39 is 17.2 Å². The van der Waals surface area contributed by atoms with Gasteiger partial charge < -0.3 is 25.0 Å². The van der Waals surface area contributed by atoms with Crippen LogP contribution < -0.4 is 20.2 Å². The average Bonchev–Trinajstić information content (AvgIpc) is 2.85. The number of hydrogen-bond acceptors (Lipinski definition) is 6. The normalized spacial score (nSPS) is 15.1. The number of methoxy groups -OCH3 is 2. The van der Waals surface area contributed by atoms with Gasteiger partial charge in [0.25, 0.3) is 0 Å². The molecule has 0 bridgehead atoms. The van der Waals surface area contributed by atoms with Crippen LogP contribution in [0.3, 0.4) is 0 Å². The lowest BCUT2D eigenvalue weighted by Gasteiger charge is -2.18. The monoisotopic (exact) mass is 371 g/mol. The summed E-state index contributed by atoms with van der Waals surface area (Å²) in [5.74, 6) is -0.169. The Balaban J connectivity index is 2.41. The van der Waals surface area contributed by atoms with Crippen molar-refractivity contribution in [1.82, 2.24) is 5.32 Å². The predicted octanol–water partition coefficient (Wildman–Crippen LogP) is 2.27. The summed E-state index contributed by atoms with van der Waals surface area (Å²) in [5, 5.41) is 23.1. The molecule has 0 spiro atoms. The minimum absolute atomic E-state index is 0.0553. The van der Waals surface area contributed by atoms with E-state index in [0.29, 0.717) is 35.3 Å². The molecule has 1 aliphatic rings. The second-order valence-electron chi connectivity index (χ2n) is 6.38. The van der Waals surface area contributed by atoms with Crippen molar-refractivity contribution in [2.24, 2.45) is 0 Å². The van der Waals surface area contributed by atoms with Crippen molar-refractivity contribution in [2.75, 3.05) is 14.2 Å². The maximum atomic E-state index is 12.2. The molecule has 1 aliphatic carbocycles. The van der Waals surface area contributed by atoms with Gasteiger partial charge >= 0.3 is 0 Å². The lowest BCUT2D eigenvalue weighted by molar-refractivity contribution is -0.119. The van der Waals surface area contributed by atoms with Crippen molar-refractivity contribution < 1.29 is 24.5 Å². The van der Waals surface area contributed by atoms with E-state index in [4.69, 9.17) is 9.47 Å². The van der Waals surface area contributed by atoms with E-state index in [-0.39, 0.29) is 17.4 Å². The van der Waals surface area contributed by atoms with Crippen LogP contribution in [0.15, 0.2) is 29.1 Å². The Morgan fingerprint density at radius 3 is 2.44 bits per heavy atom. The number of hydrogen-bond donors (Lipinski definition) is 3. The number of phenols is 1. The number of aromatic hydroxyl groups is 2. The van der Waals surface area contributed by atoms with Gasteiger partial charge in [-0.1, -0.05) is 6.07 Å². The summed E-state index contributed by atoms with van der Waals surface area (Å²) in [5.41, 5.74) is 2.09. The number of carbonyl (C=O) groups excluding carboxylic acids is 1. The fourth-order valence-corrected chi connectivity index (χ4v) is 3.56. The Hall–Kier alpha value is -3.22. The van der Waals surface area contributed by atoms with Crippen LogP contribution in [-0.4, -0.2) is 30.3 Å². The van der Waals surface area contributed by atoms with Crippen LogP contribution >= 0.6 is 0 Å². The molecule has 7 heteroatoms. The molecule has 27 heavy (non-hydrogen) atoms. The van der Waals surface area contributed by atoms with E-state index in [1.165, 1.54) is 33.3 Å². The predicted molar refractivity (Wildman–Crippen MR) is 99.5 cm³/mol. The molecule has 7 nitrogen and oxygen atoms in total. The number of phenolic OH excluding ortho intramolecular Hbond substituents is 1. The number of rotatable bonds is 3. The van der Waals surface area contributed by atoms with E-state index in [1.54, 1.807) is 12.1 Å². The molecule has 0 saturated heterocycles. The Bertz CT molecular complexity index is 969. The van der Waals surface area contributed by atoms with E-state index in [9.17, 15) is 19.8 Å². The van der Waals surface area contributed by atoms with E-state index in [2.05, 4.69) is 5.32 Å². The fourth-order valence-electron chi connectivity index (χ4n) is 3.56. The molecule has 0 unspecified atom stereocenters. The Morgan fingerprint density at radius 1 is 1.11 bits per heavy atom. The molecule has 0 fully saturated rings. The zero-order chi connectivity index (χ0) is 19.7. The van der Waals surface area contributed by atoms with Crippen LogP contribution in [0.2, 0.25) is 0 Å². The first-order valence-corrected chi connectivity index (χ1v) is 8.48. The first-order valence-electron chi connectivity index (χ1n) is 8.48. The Labute approximate surface area is 156 Å². The van der Waals surface area contributed by atoms with Gasteiger partial charge in [0.1, 0.15) is 0 Å². The summed E-state index contributed by atoms with van der Waals surface area (Å²) in [6, 6.07) is 5.44. The summed E-state index contributed by atoms with van der Waals surface area (Å²) < 4.78 is 10.8. The van der Waals surface area contributed by atoms with E-state index in [0.717, 1.165) is 5.56 Å². The molecule has 0 aliphatic heterocycles. The SMILES string of the molecule is COc1c(O)cc2c(c1OC)-c1ccc(O)c(=O)cc1[C@@H](NC(C)=O)CC2.